The molecule has 1 aliphatic heterocycles. The molecule has 1 rings (SSSR count). The van der Waals surface area contributed by atoms with Crippen LogP contribution in [0.15, 0.2) is 0 Å². The van der Waals surface area contributed by atoms with Crippen LogP contribution < -0.4 is 10.6 Å². The van der Waals surface area contributed by atoms with Crippen LogP contribution in [0.5, 0.6) is 0 Å². The van der Waals surface area contributed by atoms with Crippen molar-refractivity contribution in [3.8, 4) is 0 Å². The summed E-state index contributed by atoms with van der Waals surface area (Å²) in [4.78, 5) is 12.4. The summed E-state index contributed by atoms with van der Waals surface area (Å²) in [6, 6.07) is 0. The van der Waals surface area contributed by atoms with E-state index in [0.717, 1.165) is 32.4 Å². The molecule has 1 saturated heterocycles. The summed E-state index contributed by atoms with van der Waals surface area (Å²) in [6.45, 7) is 10.1. The molecule has 1 amide bonds. The lowest BCUT2D eigenvalue weighted by molar-refractivity contribution is -0.133. The molecule has 1 fully saturated rings. The van der Waals surface area contributed by atoms with Crippen LogP contribution in [0, 0.1) is 11.3 Å². The Kier molecular flexibility index (Phi) is 5.81. The lowest BCUT2D eigenvalue weighted by Gasteiger charge is -2.36. The van der Waals surface area contributed by atoms with Crippen LogP contribution in [0.25, 0.3) is 0 Å². The van der Waals surface area contributed by atoms with Gasteiger partial charge in [-0.25, -0.2) is 0 Å². The summed E-state index contributed by atoms with van der Waals surface area (Å²) in [5, 5.41) is 16.5. The predicted octanol–water partition coefficient (Wildman–Crippen LogP) is 1.68. The van der Waals surface area contributed by atoms with Crippen molar-refractivity contribution in [2.75, 3.05) is 19.6 Å². The minimum atomic E-state index is -0.819. The van der Waals surface area contributed by atoms with Crippen molar-refractivity contribution in [1.82, 2.24) is 10.6 Å². The molecule has 19 heavy (non-hydrogen) atoms. The molecule has 3 N–H and O–H groups in total. The maximum atomic E-state index is 12.4. The minimum Gasteiger partial charge on any atom is -0.388 e. The molecule has 1 heterocycles. The van der Waals surface area contributed by atoms with Gasteiger partial charge in [-0.2, -0.15) is 0 Å². The van der Waals surface area contributed by atoms with Crippen molar-refractivity contribution in [3.63, 3.8) is 0 Å². The minimum absolute atomic E-state index is 0.0891. The largest absolute Gasteiger partial charge is 0.388 e. The quantitative estimate of drug-likeness (QED) is 0.688. The van der Waals surface area contributed by atoms with Gasteiger partial charge < -0.3 is 15.7 Å². The van der Waals surface area contributed by atoms with E-state index in [1.54, 1.807) is 6.92 Å². The van der Waals surface area contributed by atoms with E-state index in [1.807, 2.05) is 0 Å². The highest BCUT2D eigenvalue weighted by atomic mass is 16.3. The Morgan fingerprint density at radius 3 is 2.68 bits per heavy atom. The van der Waals surface area contributed by atoms with Crippen LogP contribution >= 0.6 is 0 Å². The molecule has 4 heteroatoms. The Balaban J connectivity index is 2.53. The summed E-state index contributed by atoms with van der Waals surface area (Å²) in [6.07, 6.45) is 3.53. The third-order valence-electron chi connectivity index (χ3n) is 4.11. The third-order valence-corrected chi connectivity index (χ3v) is 4.11. The maximum absolute atomic E-state index is 12.4. The average Bonchev–Trinajstić information content (AvgIpc) is 2.35. The molecule has 1 aliphatic rings. The molecule has 0 aromatic rings. The van der Waals surface area contributed by atoms with Crippen molar-refractivity contribution >= 4 is 5.91 Å². The molecule has 0 bridgehead atoms. The summed E-state index contributed by atoms with van der Waals surface area (Å²) >= 11 is 0. The first kappa shape index (κ1) is 16.4. The third kappa shape index (κ3) is 4.77. The van der Waals surface area contributed by atoms with Crippen LogP contribution in [0.2, 0.25) is 0 Å². The highest BCUT2D eigenvalue weighted by molar-refractivity contribution is 5.83. The molecule has 0 aromatic heterocycles. The van der Waals surface area contributed by atoms with E-state index in [0.29, 0.717) is 18.9 Å². The first-order valence-electron chi connectivity index (χ1n) is 7.53. The van der Waals surface area contributed by atoms with Gasteiger partial charge in [-0.3, -0.25) is 4.79 Å². The van der Waals surface area contributed by atoms with Gasteiger partial charge in [0.15, 0.2) is 0 Å². The van der Waals surface area contributed by atoms with Gasteiger partial charge in [0.25, 0.3) is 0 Å². The smallest absolute Gasteiger partial charge is 0.227 e. The molecule has 0 radical (unpaired) electrons. The zero-order valence-electron chi connectivity index (χ0n) is 12.9. The van der Waals surface area contributed by atoms with Crippen molar-refractivity contribution in [2.24, 2.45) is 11.3 Å². The Labute approximate surface area is 117 Å². The van der Waals surface area contributed by atoms with Gasteiger partial charge in [-0.1, -0.05) is 20.8 Å². The van der Waals surface area contributed by atoms with Gasteiger partial charge in [0.1, 0.15) is 0 Å². The fraction of sp³-hybridized carbons (Fsp3) is 0.933. The first-order valence-corrected chi connectivity index (χ1v) is 7.53. The number of carbonyl (C=O) groups excluding carboxylic acids is 1. The molecule has 0 aromatic carbocycles. The highest BCUT2D eigenvalue weighted by Gasteiger charge is 2.38. The number of hydrogen-bond donors (Lipinski definition) is 3. The van der Waals surface area contributed by atoms with Crippen LogP contribution in [0.4, 0.5) is 0 Å². The maximum Gasteiger partial charge on any atom is 0.227 e. The molecule has 112 valence electrons. The van der Waals surface area contributed by atoms with Crippen LogP contribution in [0.1, 0.15) is 53.4 Å². The van der Waals surface area contributed by atoms with E-state index in [1.165, 1.54) is 0 Å². The van der Waals surface area contributed by atoms with Crippen molar-refractivity contribution in [1.29, 1.82) is 0 Å². The molecule has 0 saturated carbocycles. The molecule has 2 atom stereocenters. The van der Waals surface area contributed by atoms with Gasteiger partial charge >= 0.3 is 0 Å². The normalized spacial score (nSPS) is 27.1. The topological polar surface area (TPSA) is 61.4 Å². The molecule has 2 unspecified atom stereocenters. The molecule has 0 spiro atoms. The van der Waals surface area contributed by atoms with E-state index in [2.05, 4.69) is 31.4 Å². The SMILES string of the molecule is CCC1(C(=O)NCC(C)(O)CC(C)C)CCCNC1. The van der Waals surface area contributed by atoms with Crippen LogP contribution in [-0.2, 0) is 4.79 Å². The highest BCUT2D eigenvalue weighted by Crippen LogP contribution is 2.30. The van der Waals surface area contributed by atoms with Gasteiger partial charge in [-0.15, -0.1) is 0 Å². The second-order valence-corrected chi connectivity index (χ2v) is 6.69. The van der Waals surface area contributed by atoms with Crippen LogP contribution in [0.3, 0.4) is 0 Å². The van der Waals surface area contributed by atoms with Gasteiger partial charge in [0.05, 0.1) is 11.0 Å². The lowest BCUT2D eigenvalue weighted by Crippen LogP contribution is -2.53. The zero-order chi connectivity index (χ0) is 14.5. The second-order valence-electron chi connectivity index (χ2n) is 6.69. The fourth-order valence-corrected chi connectivity index (χ4v) is 3.03. The molecular formula is C15H30N2O2. The number of rotatable bonds is 6. The Bertz CT molecular complexity index is 295. The van der Waals surface area contributed by atoms with Crippen molar-refractivity contribution in [3.05, 3.63) is 0 Å². The fourth-order valence-electron chi connectivity index (χ4n) is 3.03. The number of nitrogens with one attached hydrogen (secondary N) is 2. The Morgan fingerprint density at radius 1 is 1.53 bits per heavy atom. The number of amides is 1. The lowest BCUT2D eigenvalue weighted by atomic mass is 9.77. The number of aliphatic hydroxyl groups is 1. The number of piperidine rings is 1. The van der Waals surface area contributed by atoms with E-state index in [4.69, 9.17) is 0 Å². The molecular weight excluding hydrogens is 240 g/mol. The standard InChI is InChI=1S/C15H30N2O2/c1-5-15(7-6-8-16-11-15)13(18)17-10-14(4,19)9-12(2)3/h12,16,19H,5-11H2,1-4H3,(H,17,18). The molecule has 0 aliphatic carbocycles. The van der Waals surface area contributed by atoms with Crippen molar-refractivity contribution in [2.45, 2.75) is 59.0 Å². The Hall–Kier alpha value is -0.610. The number of hydrogen-bond acceptors (Lipinski definition) is 3. The summed E-state index contributed by atoms with van der Waals surface area (Å²) in [7, 11) is 0. The van der Waals surface area contributed by atoms with Crippen molar-refractivity contribution < 1.29 is 9.90 Å². The Morgan fingerprint density at radius 2 is 2.21 bits per heavy atom. The number of carbonyl (C=O) groups is 1. The first-order chi connectivity index (χ1) is 8.81. The summed E-state index contributed by atoms with van der Waals surface area (Å²) in [5.74, 6) is 0.509. The van der Waals surface area contributed by atoms with Crippen LogP contribution in [-0.4, -0.2) is 36.2 Å². The predicted molar refractivity (Wildman–Crippen MR) is 77.9 cm³/mol. The second kappa shape index (κ2) is 6.71. The van der Waals surface area contributed by atoms with Gasteiger partial charge in [0, 0.05) is 13.1 Å². The van der Waals surface area contributed by atoms with E-state index in [-0.39, 0.29) is 11.3 Å². The zero-order valence-corrected chi connectivity index (χ0v) is 12.9. The van der Waals surface area contributed by atoms with Gasteiger partial charge in [-0.05, 0) is 45.1 Å². The molecule has 4 nitrogen and oxygen atoms in total. The van der Waals surface area contributed by atoms with E-state index < -0.39 is 5.60 Å². The average molecular weight is 270 g/mol. The van der Waals surface area contributed by atoms with Gasteiger partial charge in [0.2, 0.25) is 5.91 Å². The monoisotopic (exact) mass is 270 g/mol. The summed E-state index contributed by atoms with van der Waals surface area (Å²) < 4.78 is 0. The summed E-state index contributed by atoms with van der Waals surface area (Å²) in [5.41, 5.74) is -1.10. The van der Waals surface area contributed by atoms with E-state index >= 15 is 0 Å². The van der Waals surface area contributed by atoms with E-state index in [9.17, 15) is 9.90 Å².